The lowest BCUT2D eigenvalue weighted by Gasteiger charge is -2.05. The molecule has 124 valence electrons. The quantitative estimate of drug-likeness (QED) is 0.682. The first-order valence-electron chi connectivity index (χ1n) is 6.95. The second-order valence-corrected chi connectivity index (χ2v) is 5.56. The number of hydrogen-bond acceptors (Lipinski definition) is 6. The van der Waals surface area contributed by atoms with E-state index in [-0.39, 0.29) is 12.6 Å². The number of nitrogens with zero attached hydrogens (tertiary/aromatic N) is 2. The summed E-state index contributed by atoms with van der Waals surface area (Å²) in [7, 11) is 1.61. The van der Waals surface area contributed by atoms with Crippen LogP contribution in [0.5, 0.6) is 11.5 Å². The SMILES string of the molecule is COc1ccc(Nc2nnc(COc3cc(Cl)ccc3Cl)o2)cc1. The minimum Gasteiger partial charge on any atom is -0.497 e. The molecule has 0 spiro atoms. The van der Waals surface area contributed by atoms with E-state index >= 15 is 0 Å². The standard InChI is InChI=1S/C16H13Cl2N3O3/c1-22-12-5-3-11(4-6-12)19-16-21-20-15(24-16)9-23-14-8-10(17)2-7-13(14)18/h2-8H,9H2,1H3,(H,19,21). The molecule has 1 N–H and O–H groups in total. The number of anilines is 2. The second-order valence-electron chi connectivity index (χ2n) is 4.72. The van der Waals surface area contributed by atoms with Crippen molar-refractivity contribution in [3.05, 3.63) is 58.4 Å². The highest BCUT2D eigenvalue weighted by Crippen LogP contribution is 2.28. The van der Waals surface area contributed by atoms with Gasteiger partial charge >= 0.3 is 6.01 Å². The zero-order valence-corrected chi connectivity index (χ0v) is 14.1. The van der Waals surface area contributed by atoms with Gasteiger partial charge in [0.2, 0.25) is 0 Å². The van der Waals surface area contributed by atoms with Gasteiger partial charge in [-0.05, 0) is 36.4 Å². The summed E-state index contributed by atoms with van der Waals surface area (Å²) in [6.07, 6.45) is 0. The van der Waals surface area contributed by atoms with E-state index in [4.69, 9.17) is 37.1 Å². The Labute approximate surface area is 148 Å². The summed E-state index contributed by atoms with van der Waals surface area (Å²) < 4.78 is 16.1. The van der Waals surface area contributed by atoms with E-state index in [0.29, 0.717) is 21.7 Å². The lowest BCUT2D eigenvalue weighted by atomic mass is 10.3. The van der Waals surface area contributed by atoms with Crippen molar-refractivity contribution in [2.75, 3.05) is 12.4 Å². The summed E-state index contributed by atoms with van der Waals surface area (Å²) in [6.45, 7) is 0.0807. The molecule has 0 atom stereocenters. The molecule has 1 aromatic heterocycles. The first kappa shape index (κ1) is 16.4. The van der Waals surface area contributed by atoms with E-state index < -0.39 is 0 Å². The predicted molar refractivity (Wildman–Crippen MR) is 91.4 cm³/mol. The van der Waals surface area contributed by atoms with Crippen molar-refractivity contribution in [1.29, 1.82) is 0 Å². The first-order chi connectivity index (χ1) is 11.6. The molecular weight excluding hydrogens is 353 g/mol. The van der Waals surface area contributed by atoms with Crippen molar-refractivity contribution in [1.82, 2.24) is 10.2 Å². The largest absolute Gasteiger partial charge is 0.497 e. The fraction of sp³-hybridized carbons (Fsp3) is 0.125. The first-order valence-corrected chi connectivity index (χ1v) is 7.71. The molecule has 0 radical (unpaired) electrons. The molecule has 6 nitrogen and oxygen atoms in total. The number of rotatable bonds is 6. The summed E-state index contributed by atoms with van der Waals surface area (Å²) in [6, 6.07) is 12.5. The van der Waals surface area contributed by atoms with Gasteiger partial charge in [0.05, 0.1) is 12.1 Å². The van der Waals surface area contributed by atoms with Crippen molar-refractivity contribution in [2.24, 2.45) is 0 Å². The van der Waals surface area contributed by atoms with Crippen LogP contribution in [0.15, 0.2) is 46.9 Å². The molecule has 3 rings (SSSR count). The summed E-state index contributed by atoms with van der Waals surface area (Å²) in [5.74, 6) is 1.52. The molecule has 3 aromatic rings. The zero-order chi connectivity index (χ0) is 16.9. The van der Waals surface area contributed by atoms with Crippen LogP contribution in [0, 0.1) is 0 Å². The van der Waals surface area contributed by atoms with Crippen LogP contribution in [0.3, 0.4) is 0 Å². The molecule has 0 aliphatic carbocycles. The number of methoxy groups -OCH3 is 1. The maximum absolute atomic E-state index is 6.03. The molecule has 8 heteroatoms. The number of ether oxygens (including phenoxy) is 2. The number of nitrogens with one attached hydrogen (secondary N) is 1. The van der Waals surface area contributed by atoms with Gasteiger partial charge in [-0.1, -0.05) is 28.3 Å². The van der Waals surface area contributed by atoms with Crippen molar-refractivity contribution in [3.63, 3.8) is 0 Å². The van der Waals surface area contributed by atoms with Crippen LogP contribution in [0.2, 0.25) is 10.0 Å². The molecule has 1 heterocycles. The van der Waals surface area contributed by atoms with Crippen LogP contribution in [0.25, 0.3) is 0 Å². The molecule has 0 fully saturated rings. The maximum atomic E-state index is 6.03. The lowest BCUT2D eigenvalue weighted by molar-refractivity contribution is 0.265. The molecular formula is C16H13Cl2N3O3. The Balaban J connectivity index is 1.61. The van der Waals surface area contributed by atoms with Crippen molar-refractivity contribution in [3.8, 4) is 11.5 Å². The smallest absolute Gasteiger partial charge is 0.320 e. The minimum absolute atomic E-state index is 0.0807. The fourth-order valence-corrected chi connectivity index (χ4v) is 2.22. The Morgan fingerprint density at radius 1 is 1.08 bits per heavy atom. The summed E-state index contributed by atoms with van der Waals surface area (Å²) >= 11 is 11.9. The van der Waals surface area contributed by atoms with Crippen LogP contribution >= 0.6 is 23.2 Å². The average molecular weight is 366 g/mol. The lowest BCUT2D eigenvalue weighted by Crippen LogP contribution is -1.96. The van der Waals surface area contributed by atoms with Crippen LogP contribution in [0.4, 0.5) is 11.7 Å². The van der Waals surface area contributed by atoms with Gasteiger partial charge in [-0.2, -0.15) is 0 Å². The average Bonchev–Trinajstić information content (AvgIpc) is 3.04. The van der Waals surface area contributed by atoms with E-state index in [0.717, 1.165) is 11.4 Å². The normalized spacial score (nSPS) is 10.5. The molecule has 24 heavy (non-hydrogen) atoms. The predicted octanol–water partition coefficient (Wildman–Crippen LogP) is 4.71. The molecule has 0 unspecified atom stereocenters. The Hall–Kier alpha value is -2.44. The Morgan fingerprint density at radius 2 is 1.88 bits per heavy atom. The zero-order valence-electron chi connectivity index (χ0n) is 12.6. The van der Waals surface area contributed by atoms with Crippen molar-refractivity contribution in [2.45, 2.75) is 6.61 Å². The van der Waals surface area contributed by atoms with Crippen LogP contribution in [-0.4, -0.2) is 17.3 Å². The van der Waals surface area contributed by atoms with Gasteiger partial charge in [0.15, 0.2) is 6.61 Å². The van der Waals surface area contributed by atoms with Gasteiger partial charge in [0, 0.05) is 16.8 Å². The van der Waals surface area contributed by atoms with Crippen molar-refractivity contribution < 1.29 is 13.9 Å². The van der Waals surface area contributed by atoms with Gasteiger partial charge in [-0.25, -0.2) is 0 Å². The van der Waals surface area contributed by atoms with Crippen LogP contribution in [-0.2, 0) is 6.61 Å². The number of hydrogen-bond donors (Lipinski definition) is 1. The van der Waals surface area contributed by atoms with Crippen molar-refractivity contribution >= 4 is 34.9 Å². The van der Waals surface area contributed by atoms with E-state index in [2.05, 4.69) is 15.5 Å². The third kappa shape index (κ3) is 4.10. The molecule has 0 aliphatic rings. The third-order valence-electron chi connectivity index (χ3n) is 3.05. The van der Waals surface area contributed by atoms with Gasteiger partial charge in [-0.15, -0.1) is 5.10 Å². The molecule has 0 saturated heterocycles. The maximum Gasteiger partial charge on any atom is 0.320 e. The Kier molecular flexibility index (Phi) is 5.08. The molecule has 2 aromatic carbocycles. The summed E-state index contributed by atoms with van der Waals surface area (Å²) in [5.41, 5.74) is 0.796. The minimum atomic E-state index is 0.0807. The van der Waals surface area contributed by atoms with E-state index in [1.165, 1.54) is 0 Å². The third-order valence-corrected chi connectivity index (χ3v) is 3.60. The van der Waals surface area contributed by atoms with E-state index in [1.54, 1.807) is 25.3 Å². The number of halogens is 2. The van der Waals surface area contributed by atoms with E-state index in [9.17, 15) is 0 Å². The van der Waals surface area contributed by atoms with E-state index in [1.807, 2.05) is 24.3 Å². The molecule has 0 amide bonds. The molecule has 0 aliphatic heterocycles. The highest BCUT2D eigenvalue weighted by molar-refractivity contribution is 6.34. The Morgan fingerprint density at radius 3 is 2.62 bits per heavy atom. The molecule has 0 bridgehead atoms. The summed E-state index contributed by atoms with van der Waals surface area (Å²) in [5, 5.41) is 11.8. The second kappa shape index (κ2) is 7.42. The topological polar surface area (TPSA) is 69.4 Å². The summed E-state index contributed by atoms with van der Waals surface area (Å²) in [4.78, 5) is 0. The number of aromatic nitrogens is 2. The fourth-order valence-electron chi connectivity index (χ4n) is 1.89. The highest BCUT2D eigenvalue weighted by Gasteiger charge is 2.09. The van der Waals surface area contributed by atoms with Gasteiger partial charge in [0.25, 0.3) is 5.89 Å². The van der Waals surface area contributed by atoms with Gasteiger partial charge in [0.1, 0.15) is 11.5 Å². The monoisotopic (exact) mass is 365 g/mol. The van der Waals surface area contributed by atoms with Gasteiger partial charge < -0.3 is 19.2 Å². The molecule has 0 saturated carbocycles. The highest BCUT2D eigenvalue weighted by atomic mass is 35.5. The van der Waals surface area contributed by atoms with Crippen LogP contribution in [0.1, 0.15) is 5.89 Å². The number of benzene rings is 2. The van der Waals surface area contributed by atoms with Crippen LogP contribution < -0.4 is 14.8 Å². The Bertz CT molecular complexity index is 822. The van der Waals surface area contributed by atoms with Gasteiger partial charge in [-0.3, -0.25) is 0 Å².